The van der Waals surface area contributed by atoms with Crippen molar-refractivity contribution in [1.82, 2.24) is 14.9 Å². The third-order valence-corrected chi connectivity index (χ3v) is 3.77. The van der Waals surface area contributed by atoms with E-state index in [1.54, 1.807) is 18.5 Å². The first-order chi connectivity index (χ1) is 11.2. The predicted octanol–water partition coefficient (Wildman–Crippen LogP) is -0.0501. The minimum absolute atomic E-state index is 0.152. The summed E-state index contributed by atoms with van der Waals surface area (Å²) >= 11 is 0. The molecule has 122 valence electrons. The quantitative estimate of drug-likeness (QED) is 0.809. The summed E-state index contributed by atoms with van der Waals surface area (Å²) in [5, 5.41) is 18.9. The molecule has 3 heterocycles. The molecule has 1 saturated heterocycles. The topological polar surface area (TPSA) is 103 Å². The summed E-state index contributed by atoms with van der Waals surface area (Å²) < 4.78 is 5.37. The highest BCUT2D eigenvalue weighted by Crippen LogP contribution is 2.18. The van der Waals surface area contributed by atoms with Crippen LogP contribution in [0.25, 0.3) is 0 Å². The Hall–Kier alpha value is -2.45. The standard InChI is InChI=1S/C15H18N4O4/c20-10-11-8-12(21)14(22)13(23-11)9-18-4-6-19(7-5-18)15-16-2-1-3-17-15/h1-3,8,20,22H,4-7,9-10H2. The average Bonchev–Trinajstić information content (AvgIpc) is 2.60. The van der Waals surface area contributed by atoms with E-state index in [1.165, 1.54) is 0 Å². The predicted molar refractivity (Wildman–Crippen MR) is 82.1 cm³/mol. The fourth-order valence-electron chi connectivity index (χ4n) is 2.54. The molecule has 2 aromatic heterocycles. The van der Waals surface area contributed by atoms with E-state index in [-0.39, 0.29) is 18.1 Å². The second-order valence-corrected chi connectivity index (χ2v) is 5.32. The van der Waals surface area contributed by atoms with Crippen LogP contribution in [0.1, 0.15) is 11.5 Å². The molecule has 0 amide bonds. The highest BCUT2D eigenvalue weighted by atomic mass is 16.4. The van der Waals surface area contributed by atoms with E-state index in [0.717, 1.165) is 32.2 Å². The Morgan fingerprint density at radius 1 is 1.17 bits per heavy atom. The molecule has 2 aromatic rings. The SMILES string of the molecule is O=c1cc(CO)oc(CN2CCN(c3ncccn3)CC2)c1O. The Kier molecular flexibility index (Phi) is 4.54. The number of piperazine rings is 1. The van der Waals surface area contributed by atoms with Gasteiger partial charge in [-0.25, -0.2) is 9.97 Å². The number of nitrogens with zero attached hydrogens (tertiary/aromatic N) is 4. The molecular formula is C15H18N4O4. The van der Waals surface area contributed by atoms with Gasteiger partial charge in [0.25, 0.3) is 0 Å². The van der Waals surface area contributed by atoms with Crippen molar-refractivity contribution < 1.29 is 14.6 Å². The van der Waals surface area contributed by atoms with Crippen LogP contribution in [0.15, 0.2) is 33.7 Å². The van der Waals surface area contributed by atoms with Crippen LogP contribution in [0.2, 0.25) is 0 Å². The van der Waals surface area contributed by atoms with E-state index in [4.69, 9.17) is 9.52 Å². The van der Waals surface area contributed by atoms with E-state index in [9.17, 15) is 9.90 Å². The van der Waals surface area contributed by atoms with Gasteiger partial charge < -0.3 is 19.5 Å². The van der Waals surface area contributed by atoms with Crippen molar-refractivity contribution in [1.29, 1.82) is 0 Å². The minimum atomic E-state index is -0.536. The molecule has 23 heavy (non-hydrogen) atoms. The summed E-state index contributed by atoms with van der Waals surface area (Å²) in [7, 11) is 0. The van der Waals surface area contributed by atoms with Gasteiger partial charge in [0.1, 0.15) is 12.4 Å². The highest BCUT2D eigenvalue weighted by Gasteiger charge is 2.21. The van der Waals surface area contributed by atoms with Gasteiger partial charge >= 0.3 is 0 Å². The van der Waals surface area contributed by atoms with Crippen LogP contribution >= 0.6 is 0 Å². The zero-order valence-corrected chi connectivity index (χ0v) is 12.6. The smallest absolute Gasteiger partial charge is 0.227 e. The van der Waals surface area contributed by atoms with Crippen molar-refractivity contribution in [2.45, 2.75) is 13.2 Å². The fourth-order valence-corrected chi connectivity index (χ4v) is 2.54. The molecule has 1 aliphatic heterocycles. The number of aliphatic hydroxyl groups is 1. The molecule has 0 atom stereocenters. The lowest BCUT2D eigenvalue weighted by Gasteiger charge is -2.34. The number of hydrogen-bond donors (Lipinski definition) is 2. The average molecular weight is 318 g/mol. The monoisotopic (exact) mass is 318 g/mol. The second kappa shape index (κ2) is 6.76. The molecule has 0 radical (unpaired) electrons. The van der Waals surface area contributed by atoms with Crippen molar-refractivity contribution >= 4 is 5.95 Å². The largest absolute Gasteiger partial charge is 0.502 e. The van der Waals surface area contributed by atoms with Crippen LogP contribution in [-0.2, 0) is 13.2 Å². The summed E-state index contributed by atoms with van der Waals surface area (Å²) in [6.07, 6.45) is 3.42. The molecular weight excluding hydrogens is 300 g/mol. The molecule has 0 bridgehead atoms. The Labute approximate surface area is 132 Å². The zero-order chi connectivity index (χ0) is 16.2. The van der Waals surface area contributed by atoms with Crippen LogP contribution in [0.4, 0.5) is 5.95 Å². The second-order valence-electron chi connectivity index (χ2n) is 5.32. The minimum Gasteiger partial charge on any atom is -0.502 e. The third-order valence-electron chi connectivity index (χ3n) is 3.77. The summed E-state index contributed by atoms with van der Waals surface area (Å²) in [6.45, 7) is 2.89. The lowest BCUT2D eigenvalue weighted by molar-refractivity contribution is 0.199. The molecule has 1 fully saturated rings. The molecule has 0 aliphatic carbocycles. The molecule has 0 spiro atoms. The summed E-state index contributed by atoms with van der Waals surface area (Å²) in [6, 6.07) is 2.88. The molecule has 8 heteroatoms. The first-order valence-electron chi connectivity index (χ1n) is 7.37. The summed E-state index contributed by atoms with van der Waals surface area (Å²) in [4.78, 5) is 24.2. The van der Waals surface area contributed by atoms with Crippen molar-refractivity contribution in [3.8, 4) is 5.75 Å². The maximum absolute atomic E-state index is 11.6. The number of aliphatic hydroxyl groups excluding tert-OH is 1. The van der Waals surface area contributed by atoms with Gasteiger partial charge in [0.15, 0.2) is 5.76 Å². The van der Waals surface area contributed by atoms with Gasteiger partial charge in [-0.3, -0.25) is 9.69 Å². The summed E-state index contributed by atoms with van der Waals surface area (Å²) in [5.74, 6) is 0.643. The van der Waals surface area contributed by atoms with E-state index >= 15 is 0 Å². The molecule has 8 nitrogen and oxygen atoms in total. The number of hydrogen-bond acceptors (Lipinski definition) is 8. The van der Waals surface area contributed by atoms with Crippen molar-refractivity contribution in [2.24, 2.45) is 0 Å². The van der Waals surface area contributed by atoms with E-state index < -0.39 is 11.2 Å². The highest BCUT2D eigenvalue weighted by molar-refractivity contribution is 5.29. The lowest BCUT2D eigenvalue weighted by atomic mass is 10.2. The molecule has 3 rings (SSSR count). The van der Waals surface area contributed by atoms with Crippen molar-refractivity contribution in [2.75, 3.05) is 31.1 Å². The third kappa shape index (κ3) is 3.49. The Morgan fingerprint density at radius 3 is 2.52 bits per heavy atom. The van der Waals surface area contributed by atoms with Gasteiger partial charge in [-0.05, 0) is 6.07 Å². The molecule has 0 aromatic carbocycles. The van der Waals surface area contributed by atoms with E-state index in [2.05, 4.69) is 19.8 Å². The van der Waals surface area contributed by atoms with Crippen LogP contribution in [0.5, 0.6) is 5.75 Å². The first-order valence-corrected chi connectivity index (χ1v) is 7.37. The van der Waals surface area contributed by atoms with Gasteiger partial charge in [-0.1, -0.05) is 0 Å². The van der Waals surface area contributed by atoms with Gasteiger partial charge in [0.2, 0.25) is 17.1 Å². The van der Waals surface area contributed by atoms with E-state index in [0.29, 0.717) is 12.5 Å². The maximum atomic E-state index is 11.6. The molecule has 1 aliphatic rings. The zero-order valence-electron chi connectivity index (χ0n) is 12.6. The van der Waals surface area contributed by atoms with Crippen LogP contribution < -0.4 is 10.3 Å². The van der Waals surface area contributed by atoms with Crippen molar-refractivity contribution in [3.63, 3.8) is 0 Å². The Morgan fingerprint density at radius 2 is 1.87 bits per heavy atom. The summed E-state index contributed by atoms with van der Waals surface area (Å²) in [5.41, 5.74) is -0.536. The normalized spacial score (nSPS) is 15.8. The van der Waals surface area contributed by atoms with Gasteiger partial charge in [-0.2, -0.15) is 0 Å². The van der Waals surface area contributed by atoms with Crippen LogP contribution in [-0.4, -0.2) is 51.3 Å². The Bertz CT molecular complexity index is 711. The van der Waals surface area contributed by atoms with E-state index in [1.807, 2.05) is 0 Å². The Balaban J connectivity index is 1.65. The number of aromatic hydroxyl groups is 1. The van der Waals surface area contributed by atoms with Crippen LogP contribution in [0, 0.1) is 0 Å². The maximum Gasteiger partial charge on any atom is 0.227 e. The van der Waals surface area contributed by atoms with Gasteiger partial charge in [0.05, 0.1) is 6.54 Å². The number of aromatic nitrogens is 2. The molecule has 0 saturated carbocycles. The van der Waals surface area contributed by atoms with Gasteiger partial charge in [-0.15, -0.1) is 0 Å². The lowest BCUT2D eigenvalue weighted by Crippen LogP contribution is -2.46. The molecule has 2 N–H and O–H groups in total. The first kappa shape index (κ1) is 15.4. The van der Waals surface area contributed by atoms with Crippen LogP contribution in [0.3, 0.4) is 0 Å². The van der Waals surface area contributed by atoms with Gasteiger partial charge in [0, 0.05) is 44.6 Å². The number of anilines is 1. The number of rotatable bonds is 4. The molecule has 0 unspecified atom stereocenters. The van der Waals surface area contributed by atoms with Crippen molar-refractivity contribution in [3.05, 3.63) is 46.3 Å². The fraction of sp³-hybridized carbons (Fsp3) is 0.400.